The van der Waals surface area contributed by atoms with Crippen LogP contribution in [0.2, 0.25) is 0 Å². The summed E-state index contributed by atoms with van der Waals surface area (Å²) in [7, 11) is 1.58. The Morgan fingerprint density at radius 2 is 2.06 bits per heavy atom. The SMILES string of the molecule is COc1cccc(C(=O)N(Cc2cc3cc(C)cc(C)c3[nH]c2=O)C[C@@H]2CCCO2)c1. The van der Waals surface area contributed by atoms with Crippen LogP contribution >= 0.6 is 0 Å². The van der Waals surface area contributed by atoms with Gasteiger partial charge in [0, 0.05) is 24.3 Å². The Kier molecular flexibility index (Phi) is 6.09. The molecule has 1 saturated heterocycles. The third-order valence-corrected chi connectivity index (χ3v) is 5.78. The lowest BCUT2D eigenvalue weighted by Crippen LogP contribution is -2.38. The second-order valence-electron chi connectivity index (χ2n) is 8.22. The van der Waals surface area contributed by atoms with E-state index in [0.717, 1.165) is 34.9 Å². The molecule has 6 nitrogen and oxygen atoms in total. The Hall–Kier alpha value is -3.12. The van der Waals surface area contributed by atoms with Gasteiger partial charge in [-0.2, -0.15) is 0 Å². The van der Waals surface area contributed by atoms with Crippen LogP contribution in [0.1, 0.15) is 39.9 Å². The van der Waals surface area contributed by atoms with Crippen molar-refractivity contribution in [3.63, 3.8) is 0 Å². The highest BCUT2D eigenvalue weighted by atomic mass is 16.5. The lowest BCUT2D eigenvalue weighted by molar-refractivity contribution is 0.0506. The minimum atomic E-state index is -0.171. The average Bonchev–Trinajstić information content (AvgIpc) is 3.27. The van der Waals surface area contributed by atoms with Crippen LogP contribution in [0, 0.1) is 13.8 Å². The standard InChI is InChI=1S/C25H28N2O4/c1-16-10-17(2)23-19(11-16)12-20(24(28)26-23)14-27(15-22-8-5-9-31-22)25(29)18-6-4-7-21(13-18)30-3/h4,6-7,10-13,22H,5,8-9,14-15H2,1-3H3,(H,26,28)/t22-/m0/s1. The molecule has 1 atom stereocenters. The van der Waals surface area contributed by atoms with E-state index in [1.54, 1.807) is 36.3 Å². The van der Waals surface area contributed by atoms with Crippen LogP contribution in [0.25, 0.3) is 10.9 Å². The number of benzene rings is 2. The van der Waals surface area contributed by atoms with Crippen molar-refractivity contribution in [1.29, 1.82) is 0 Å². The summed E-state index contributed by atoms with van der Waals surface area (Å²) in [5, 5.41) is 0.970. The molecular formula is C25H28N2O4. The molecule has 3 aromatic rings. The molecule has 162 valence electrons. The summed E-state index contributed by atoms with van der Waals surface area (Å²) in [6, 6.07) is 13.1. The number of methoxy groups -OCH3 is 1. The Labute approximate surface area is 181 Å². The van der Waals surface area contributed by atoms with Gasteiger partial charge in [-0.1, -0.05) is 17.7 Å². The molecule has 0 unspecified atom stereocenters. The highest BCUT2D eigenvalue weighted by molar-refractivity contribution is 5.94. The summed E-state index contributed by atoms with van der Waals surface area (Å²) < 4.78 is 11.1. The van der Waals surface area contributed by atoms with E-state index >= 15 is 0 Å². The van der Waals surface area contributed by atoms with Gasteiger partial charge in [-0.3, -0.25) is 9.59 Å². The van der Waals surface area contributed by atoms with Crippen LogP contribution < -0.4 is 10.3 Å². The maximum Gasteiger partial charge on any atom is 0.254 e. The molecule has 0 aliphatic carbocycles. The fourth-order valence-electron chi connectivity index (χ4n) is 4.25. The number of fused-ring (bicyclic) bond motifs is 1. The minimum Gasteiger partial charge on any atom is -0.497 e. The zero-order valence-electron chi connectivity index (χ0n) is 18.2. The first-order valence-corrected chi connectivity index (χ1v) is 10.6. The number of pyridine rings is 1. The summed E-state index contributed by atoms with van der Waals surface area (Å²) >= 11 is 0. The number of carbonyl (C=O) groups excluding carboxylic acids is 1. The maximum absolute atomic E-state index is 13.4. The van der Waals surface area contributed by atoms with E-state index in [1.807, 2.05) is 26.0 Å². The monoisotopic (exact) mass is 420 g/mol. The van der Waals surface area contributed by atoms with E-state index in [9.17, 15) is 9.59 Å². The summed E-state index contributed by atoms with van der Waals surface area (Å²) in [6.45, 7) is 5.39. The van der Waals surface area contributed by atoms with Crippen LogP contribution in [0.5, 0.6) is 5.75 Å². The van der Waals surface area contributed by atoms with E-state index in [2.05, 4.69) is 11.1 Å². The topological polar surface area (TPSA) is 71.6 Å². The highest BCUT2D eigenvalue weighted by Crippen LogP contribution is 2.21. The number of aryl methyl sites for hydroxylation is 2. The second-order valence-corrected chi connectivity index (χ2v) is 8.22. The number of nitrogens with one attached hydrogen (secondary N) is 1. The number of hydrogen-bond acceptors (Lipinski definition) is 4. The molecule has 2 heterocycles. The van der Waals surface area contributed by atoms with Crippen LogP contribution in [0.4, 0.5) is 0 Å². The molecule has 1 fully saturated rings. The molecule has 1 aliphatic rings. The first-order chi connectivity index (χ1) is 14.9. The van der Waals surface area contributed by atoms with Gasteiger partial charge in [0.05, 0.1) is 25.3 Å². The minimum absolute atomic E-state index is 0.0152. The van der Waals surface area contributed by atoms with Gasteiger partial charge in [0.1, 0.15) is 5.75 Å². The van der Waals surface area contributed by atoms with Crippen molar-refractivity contribution < 1.29 is 14.3 Å². The molecule has 1 N–H and O–H groups in total. The number of aromatic amines is 1. The van der Waals surface area contributed by atoms with Crippen molar-refractivity contribution >= 4 is 16.8 Å². The van der Waals surface area contributed by atoms with E-state index < -0.39 is 0 Å². The molecule has 0 bridgehead atoms. The van der Waals surface area contributed by atoms with E-state index in [0.29, 0.717) is 30.0 Å². The van der Waals surface area contributed by atoms with Crippen LogP contribution in [0.15, 0.2) is 47.3 Å². The van der Waals surface area contributed by atoms with Crippen molar-refractivity contribution in [3.8, 4) is 5.75 Å². The molecular weight excluding hydrogens is 392 g/mol. The Balaban J connectivity index is 1.69. The molecule has 31 heavy (non-hydrogen) atoms. The summed E-state index contributed by atoms with van der Waals surface area (Å²) in [5.74, 6) is 0.478. The van der Waals surface area contributed by atoms with Crippen molar-refractivity contribution in [2.75, 3.05) is 20.3 Å². The smallest absolute Gasteiger partial charge is 0.254 e. The van der Waals surface area contributed by atoms with Gasteiger partial charge in [-0.05, 0) is 68.0 Å². The molecule has 0 spiro atoms. The summed E-state index contributed by atoms with van der Waals surface area (Å²) in [4.78, 5) is 31.0. The van der Waals surface area contributed by atoms with Gasteiger partial charge >= 0.3 is 0 Å². The predicted octanol–water partition coefficient (Wildman–Crippen LogP) is 3.97. The maximum atomic E-state index is 13.4. The molecule has 1 aliphatic heterocycles. The van der Waals surface area contributed by atoms with Gasteiger partial charge < -0.3 is 19.4 Å². The quantitative estimate of drug-likeness (QED) is 0.655. The highest BCUT2D eigenvalue weighted by Gasteiger charge is 2.25. The first-order valence-electron chi connectivity index (χ1n) is 10.6. The number of amides is 1. The third-order valence-electron chi connectivity index (χ3n) is 5.78. The summed E-state index contributed by atoms with van der Waals surface area (Å²) in [6.07, 6.45) is 1.88. The molecule has 0 radical (unpaired) electrons. The van der Waals surface area contributed by atoms with Crippen LogP contribution in [0.3, 0.4) is 0 Å². The number of ether oxygens (including phenoxy) is 2. The van der Waals surface area contributed by atoms with Crippen LogP contribution in [-0.4, -0.2) is 42.2 Å². The lowest BCUT2D eigenvalue weighted by Gasteiger charge is -2.26. The number of aromatic nitrogens is 1. The predicted molar refractivity (Wildman–Crippen MR) is 121 cm³/mol. The number of rotatable bonds is 6. The molecule has 6 heteroatoms. The molecule has 1 aromatic heterocycles. The zero-order chi connectivity index (χ0) is 22.0. The third kappa shape index (κ3) is 4.64. The molecule has 2 aromatic carbocycles. The van der Waals surface area contributed by atoms with Crippen molar-refractivity contribution in [2.45, 2.75) is 39.3 Å². The number of nitrogens with zero attached hydrogens (tertiary/aromatic N) is 1. The molecule has 0 saturated carbocycles. The average molecular weight is 421 g/mol. The summed E-state index contributed by atoms with van der Waals surface area (Å²) in [5.41, 5.74) is 3.92. The second kappa shape index (κ2) is 8.94. The Morgan fingerprint density at radius 1 is 1.23 bits per heavy atom. The lowest BCUT2D eigenvalue weighted by atomic mass is 10.0. The Bertz CT molecular complexity index is 1160. The van der Waals surface area contributed by atoms with E-state index in [-0.39, 0.29) is 24.1 Å². The van der Waals surface area contributed by atoms with Crippen molar-refractivity contribution in [1.82, 2.24) is 9.88 Å². The van der Waals surface area contributed by atoms with E-state index in [4.69, 9.17) is 9.47 Å². The largest absolute Gasteiger partial charge is 0.497 e. The van der Waals surface area contributed by atoms with Gasteiger partial charge in [0.25, 0.3) is 11.5 Å². The number of H-pyrrole nitrogens is 1. The molecule has 4 rings (SSSR count). The van der Waals surface area contributed by atoms with Crippen molar-refractivity contribution in [3.05, 3.63) is 75.1 Å². The number of carbonyl (C=O) groups is 1. The van der Waals surface area contributed by atoms with Crippen molar-refractivity contribution in [2.24, 2.45) is 0 Å². The van der Waals surface area contributed by atoms with Crippen LogP contribution in [-0.2, 0) is 11.3 Å². The van der Waals surface area contributed by atoms with Gasteiger partial charge in [0.2, 0.25) is 0 Å². The molecule has 1 amide bonds. The normalized spacial score (nSPS) is 15.9. The van der Waals surface area contributed by atoms with E-state index in [1.165, 1.54) is 0 Å². The Morgan fingerprint density at radius 3 is 2.81 bits per heavy atom. The first kappa shape index (κ1) is 21.1. The van der Waals surface area contributed by atoms with Gasteiger partial charge in [-0.25, -0.2) is 0 Å². The van der Waals surface area contributed by atoms with Gasteiger partial charge in [0.15, 0.2) is 0 Å². The fraction of sp³-hybridized carbons (Fsp3) is 0.360. The van der Waals surface area contributed by atoms with Gasteiger partial charge in [-0.15, -0.1) is 0 Å². The fourth-order valence-corrected chi connectivity index (χ4v) is 4.25. The number of hydrogen-bond donors (Lipinski definition) is 1. The zero-order valence-corrected chi connectivity index (χ0v) is 18.2.